The van der Waals surface area contributed by atoms with Crippen molar-refractivity contribution in [2.75, 3.05) is 7.11 Å². The Hall–Kier alpha value is -3.19. The molecule has 1 atom stereocenters. The zero-order chi connectivity index (χ0) is 31.3. The Labute approximate surface area is 270 Å². The highest BCUT2D eigenvalue weighted by Gasteiger charge is 2.42. The summed E-state index contributed by atoms with van der Waals surface area (Å²) in [6.45, 7) is 4.86. The van der Waals surface area contributed by atoms with Crippen LogP contribution in [0.15, 0.2) is 71.7 Å². The van der Waals surface area contributed by atoms with Crippen molar-refractivity contribution in [2.24, 2.45) is 22.7 Å². The van der Waals surface area contributed by atoms with E-state index in [1.807, 2.05) is 54.6 Å². The molecule has 6 nitrogen and oxygen atoms in total. The summed E-state index contributed by atoms with van der Waals surface area (Å²) < 4.78 is 10.8. The fourth-order valence-electron chi connectivity index (χ4n) is 6.17. The molecule has 2 saturated carbocycles. The van der Waals surface area contributed by atoms with Gasteiger partial charge in [0.25, 0.3) is 0 Å². The van der Waals surface area contributed by atoms with Gasteiger partial charge in [0.15, 0.2) is 12.0 Å². The van der Waals surface area contributed by atoms with E-state index in [9.17, 15) is 9.59 Å². The molecule has 0 unspecified atom stereocenters. The zero-order valence-electron chi connectivity index (χ0n) is 25.5. The number of esters is 1. The molecule has 44 heavy (non-hydrogen) atoms. The SMILES string of the molecule is COC(=O)c1ccc([C@H](NC2(/N=C(\C=O)c3cc(Cl)c(OCc4ccccc4)c(Cl)c3)CCC(C(C)C)CC2)C2CC2)cc1. The third-order valence-electron chi connectivity index (χ3n) is 8.97. The summed E-state index contributed by atoms with van der Waals surface area (Å²) >= 11 is 13.3. The first-order chi connectivity index (χ1) is 21.2. The number of carbonyl (C=O) groups is 2. The number of ether oxygens (including phenoxy) is 2. The van der Waals surface area contributed by atoms with Crippen LogP contribution in [0.1, 0.15) is 85.5 Å². The number of hydrogen-bond donors (Lipinski definition) is 1. The molecule has 0 amide bonds. The van der Waals surface area contributed by atoms with E-state index < -0.39 is 5.66 Å². The Balaban J connectivity index is 1.45. The van der Waals surface area contributed by atoms with E-state index in [4.69, 9.17) is 37.7 Å². The highest BCUT2D eigenvalue weighted by Crippen LogP contribution is 2.45. The molecule has 0 saturated heterocycles. The fourth-order valence-corrected chi connectivity index (χ4v) is 6.77. The van der Waals surface area contributed by atoms with Crippen molar-refractivity contribution in [3.05, 3.63) is 99.0 Å². The third kappa shape index (κ3) is 7.71. The van der Waals surface area contributed by atoms with Gasteiger partial charge in [0.1, 0.15) is 18.0 Å². The maximum absolute atomic E-state index is 12.6. The van der Waals surface area contributed by atoms with Gasteiger partial charge in [-0.3, -0.25) is 15.1 Å². The summed E-state index contributed by atoms with van der Waals surface area (Å²) in [4.78, 5) is 29.9. The molecule has 232 valence electrons. The highest BCUT2D eigenvalue weighted by molar-refractivity contribution is 6.41. The van der Waals surface area contributed by atoms with Crippen molar-refractivity contribution in [3.8, 4) is 5.75 Å². The number of methoxy groups -OCH3 is 1. The number of aldehydes is 1. The minimum Gasteiger partial charge on any atom is -0.486 e. The largest absolute Gasteiger partial charge is 0.486 e. The molecule has 0 aliphatic heterocycles. The van der Waals surface area contributed by atoms with E-state index in [1.165, 1.54) is 7.11 Å². The summed E-state index contributed by atoms with van der Waals surface area (Å²) in [7, 11) is 1.39. The molecule has 2 aliphatic rings. The van der Waals surface area contributed by atoms with Crippen LogP contribution in [-0.4, -0.2) is 30.7 Å². The summed E-state index contributed by atoms with van der Waals surface area (Å²) in [6.07, 6.45) is 6.63. The lowest BCUT2D eigenvalue weighted by molar-refractivity contribution is -0.102. The van der Waals surface area contributed by atoms with E-state index in [1.54, 1.807) is 12.1 Å². The molecule has 3 aromatic rings. The molecule has 0 spiro atoms. The summed E-state index contributed by atoms with van der Waals surface area (Å²) in [6, 6.07) is 20.8. The Morgan fingerprint density at radius 1 is 0.955 bits per heavy atom. The average Bonchev–Trinajstić information content (AvgIpc) is 3.88. The first kappa shape index (κ1) is 32.2. The number of aliphatic imine (C=N–C) groups is 1. The van der Waals surface area contributed by atoms with E-state index in [0.717, 1.165) is 55.9 Å². The Morgan fingerprint density at radius 2 is 1.59 bits per heavy atom. The fraction of sp³-hybridized carbons (Fsp3) is 0.417. The van der Waals surface area contributed by atoms with Gasteiger partial charge in [0, 0.05) is 11.6 Å². The van der Waals surface area contributed by atoms with Gasteiger partial charge in [-0.2, -0.15) is 0 Å². The number of benzene rings is 3. The smallest absolute Gasteiger partial charge is 0.337 e. The van der Waals surface area contributed by atoms with Crippen LogP contribution >= 0.6 is 23.2 Å². The quantitative estimate of drug-likeness (QED) is 0.123. The molecule has 0 radical (unpaired) electrons. The molecule has 1 N–H and O–H groups in total. The Bertz CT molecular complexity index is 1450. The third-order valence-corrected chi connectivity index (χ3v) is 9.54. The molecule has 8 heteroatoms. The monoisotopic (exact) mass is 634 g/mol. The van der Waals surface area contributed by atoms with Crippen LogP contribution in [-0.2, 0) is 16.1 Å². The number of halogens is 2. The number of carbonyl (C=O) groups excluding carboxylic acids is 2. The summed E-state index contributed by atoms with van der Waals surface area (Å²) in [5.74, 6) is 1.65. The second kappa shape index (κ2) is 14.3. The zero-order valence-corrected chi connectivity index (χ0v) is 27.0. The lowest BCUT2D eigenvalue weighted by atomic mass is 9.76. The predicted octanol–water partition coefficient (Wildman–Crippen LogP) is 8.63. The maximum atomic E-state index is 12.6. The number of hydrogen-bond acceptors (Lipinski definition) is 6. The van der Waals surface area contributed by atoms with Gasteiger partial charge in [0.2, 0.25) is 0 Å². The van der Waals surface area contributed by atoms with Gasteiger partial charge in [-0.25, -0.2) is 4.79 Å². The number of nitrogens with one attached hydrogen (secondary N) is 1. The first-order valence-electron chi connectivity index (χ1n) is 15.4. The van der Waals surface area contributed by atoms with E-state index in [2.05, 4.69) is 19.2 Å². The van der Waals surface area contributed by atoms with Crippen molar-refractivity contribution in [1.82, 2.24) is 5.32 Å². The Kier molecular flexibility index (Phi) is 10.5. The van der Waals surface area contributed by atoms with Crippen LogP contribution in [0, 0.1) is 17.8 Å². The molecular formula is C36H40Cl2N2O4. The van der Waals surface area contributed by atoms with Crippen molar-refractivity contribution >= 4 is 41.2 Å². The maximum Gasteiger partial charge on any atom is 0.337 e. The van der Waals surface area contributed by atoms with Crippen LogP contribution in [0.3, 0.4) is 0 Å². The van der Waals surface area contributed by atoms with Crippen molar-refractivity contribution in [1.29, 1.82) is 0 Å². The van der Waals surface area contributed by atoms with Crippen LogP contribution in [0.25, 0.3) is 0 Å². The molecule has 0 bridgehead atoms. The van der Waals surface area contributed by atoms with Gasteiger partial charge < -0.3 is 9.47 Å². The Morgan fingerprint density at radius 3 is 2.14 bits per heavy atom. The van der Waals surface area contributed by atoms with Gasteiger partial charge in [0.05, 0.1) is 22.7 Å². The van der Waals surface area contributed by atoms with Gasteiger partial charge in [-0.15, -0.1) is 0 Å². The number of rotatable bonds is 12. The highest BCUT2D eigenvalue weighted by atomic mass is 35.5. The van der Waals surface area contributed by atoms with Crippen LogP contribution in [0.2, 0.25) is 10.0 Å². The lowest BCUT2D eigenvalue weighted by Crippen LogP contribution is -2.49. The molecule has 2 aliphatic carbocycles. The summed E-state index contributed by atoms with van der Waals surface area (Å²) in [5, 5.41) is 4.58. The minimum atomic E-state index is -0.642. The van der Waals surface area contributed by atoms with Crippen LogP contribution in [0.5, 0.6) is 5.75 Å². The van der Waals surface area contributed by atoms with E-state index >= 15 is 0 Å². The van der Waals surface area contributed by atoms with Crippen molar-refractivity contribution in [2.45, 2.75) is 70.7 Å². The van der Waals surface area contributed by atoms with E-state index in [-0.39, 0.29) is 12.0 Å². The molecule has 2 fully saturated rings. The first-order valence-corrected chi connectivity index (χ1v) is 16.1. The molecular weight excluding hydrogens is 595 g/mol. The standard InChI is InChI=1S/C36H40Cl2N2O4/c1-23(2)25-15-17-36(18-16-25,40-33(26-9-10-26)27-11-13-28(14-12-27)35(42)43-3)39-32(21-41)29-19-30(37)34(31(38)20-29)44-22-24-7-5-4-6-8-24/h4-8,11-14,19-21,23,25-26,33,40H,9-10,15-18,22H2,1-3H3/b39-32+/t25?,33-,36?/m1/s1. The minimum absolute atomic E-state index is 0.0369. The number of nitrogens with zero attached hydrogens (tertiary/aromatic N) is 1. The second-order valence-electron chi connectivity index (χ2n) is 12.3. The van der Waals surface area contributed by atoms with Crippen molar-refractivity contribution in [3.63, 3.8) is 0 Å². The normalized spacial score (nSPS) is 21.1. The molecule has 0 aromatic heterocycles. The molecule has 5 rings (SSSR count). The second-order valence-corrected chi connectivity index (χ2v) is 13.2. The predicted molar refractivity (Wildman–Crippen MR) is 176 cm³/mol. The summed E-state index contributed by atoms with van der Waals surface area (Å²) in [5.41, 5.74) is 2.82. The average molecular weight is 636 g/mol. The van der Waals surface area contributed by atoms with Gasteiger partial charge >= 0.3 is 5.97 Å². The van der Waals surface area contributed by atoms with Crippen LogP contribution < -0.4 is 10.1 Å². The lowest BCUT2D eigenvalue weighted by Gasteiger charge is -2.42. The van der Waals surface area contributed by atoms with E-state index in [0.29, 0.717) is 57.0 Å². The van der Waals surface area contributed by atoms with Crippen molar-refractivity contribution < 1.29 is 19.1 Å². The topological polar surface area (TPSA) is 77.0 Å². The van der Waals surface area contributed by atoms with Crippen LogP contribution in [0.4, 0.5) is 0 Å². The van der Waals surface area contributed by atoms with Gasteiger partial charge in [-0.1, -0.05) is 79.5 Å². The van der Waals surface area contributed by atoms with Gasteiger partial charge in [-0.05, 0) is 91.7 Å². The molecule has 3 aromatic carbocycles. The molecule has 0 heterocycles.